The van der Waals surface area contributed by atoms with Gasteiger partial charge in [0.1, 0.15) is 18.1 Å². The van der Waals surface area contributed by atoms with Crippen molar-refractivity contribution in [2.75, 3.05) is 91.7 Å². The molecule has 0 bridgehead atoms. The summed E-state index contributed by atoms with van der Waals surface area (Å²) in [5.74, 6) is -3.99. The van der Waals surface area contributed by atoms with Crippen LogP contribution in [0.5, 0.6) is 0 Å². The molecule has 1 aliphatic rings. The van der Waals surface area contributed by atoms with Crippen LogP contribution in [-0.4, -0.2) is 180 Å². The second-order valence-electron chi connectivity index (χ2n) is 11.0. The molecule has 1 aliphatic heterocycles. The van der Waals surface area contributed by atoms with Gasteiger partial charge in [-0.05, 0) is 12.8 Å². The fourth-order valence-corrected chi connectivity index (χ4v) is 4.72. The van der Waals surface area contributed by atoms with Crippen molar-refractivity contribution in [2.24, 2.45) is 0 Å². The monoisotopic (exact) mass is 644 g/mol. The number of nitrogens with zero attached hydrogens (tertiary/aromatic N) is 4. The molecule has 17 nitrogen and oxygen atoms in total. The van der Waals surface area contributed by atoms with Gasteiger partial charge < -0.3 is 35.9 Å². The van der Waals surface area contributed by atoms with Crippen LogP contribution in [0, 0.1) is 0 Å². The highest BCUT2D eigenvalue weighted by atomic mass is 16.4. The molecular weight excluding hydrogens is 596 g/mol. The van der Waals surface area contributed by atoms with E-state index in [0.717, 1.165) is 0 Å². The number of rotatable bonds is 20. The van der Waals surface area contributed by atoms with Crippen LogP contribution in [0.1, 0.15) is 38.5 Å². The van der Waals surface area contributed by atoms with Crippen LogP contribution in [0.3, 0.4) is 0 Å². The highest BCUT2D eigenvalue weighted by Crippen LogP contribution is 2.08. The van der Waals surface area contributed by atoms with Crippen molar-refractivity contribution >= 4 is 41.8 Å². The molecular formula is C28H48N6O11. The number of aliphatic hydroxyl groups excluding tert-OH is 1. The van der Waals surface area contributed by atoms with E-state index in [9.17, 15) is 48.9 Å². The lowest BCUT2D eigenvalue weighted by molar-refractivity contribution is -0.140. The number of amides is 2. The Hall–Kier alpha value is -3.51. The maximum Gasteiger partial charge on any atom is 0.317 e. The summed E-state index contributed by atoms with van der Waals surface area (Å²) >= 11 is 0. The van der Waals surface area contributed by atoms with E-state index >= 15 is 0 Å². The van der Waals surface area contributed by atoms with Crippen LogP contribution in [-0.2, 0) is 33.6 Å². The number of Topliss-reactive ketones (excluding diaryl/α,β-unsaturated/α-hetero) is 1. The van der Waals surface area contributed by atoms with Gasteiger partial charge in [-0.3, -0.25) is 48.4 Å². The minimum Gasteiger partial charge on any atom is -0.480 e. The Morgan fingerprint density at radius 3 is 1.38 bits per heavy atom. The lowest BCUT2D eigenvalue weighted by Crippen LogP contribution is -2.49. The highest BCUT2D eigenvalue weighted by molar-refractivity contribution is 5.86. The van der Waals surface area contributed by atoms with Gasteiger partial charge in [0, 0.05) is 65.2 Å². The van der Waals surface area contributed by atoms with Gasteiger partial charge in [0.2, 0.25) is 11.8 Å². The quantitative estimate of drug-likeness (QED) is 0.0578. The van der Waals surface area contributed by atoms with Crippen molar-refractivity contribution in [3.63, 3.8) is 0 Å². The molecule has 0 radical (unpaired) electrons. The number of carboxylic acid groups (broad SMARTS) is 3. The number of aliphatic hydroxyl groups is 1. The van der Waals surface area contributed by atoms with Crippen molar-refractivity contribution in [3.05, 3.63) is 0 Å². The summed E-state index contributed by atoms with van der Waals surface area (Å²) in [6.07, 6.45) is 3.48. The molecule has 1 atom stereocenters. The Morgan fingerprint density at radius 1 is 0.600 bits per heavy atom. The van der Waals surface area contributed by atoms with Crippen molar-refractivity contribution in [2.45, 2.75) is 44.6 Å². The maximum absolute atomic E-state index is 12.8. The zero-order valence-electron chi connectivity index (χ0n) is 25.7. The number of aldehydes is 1. The third-order valence-electron chi connectivity index (χ3n) is 7.17. The van der Waals surface area contributed by atoms with Crippen LogP contribution < -0.4 is 10.6 Å². The van der Waals surface area contributed by atoms with Gasteiger partial charge in [-0.25, -0.2) is 0 Å². The van der Waals surface area contributed by atoms with Crippen molar-refractivity contribution < 1.29 is 54.0 Å². The van der Waals surface area contributed by atoms with E-state index in [1.807, 2.05) is 4.90 Å². The van der Waals surface area contributed by atoms with Gasteiger partial charge in [0.15, 0.2) is 0 Å². The molecule has 256 valence electrons. The lowest BCUT2D eigenvalue weighted by Gasteiger charge is -2.32. The molecule has 0 saturated carbocycles. The Kier molecular flexibility index (Phi) is 20.1. The number of hydrogen-bond acceptors (Lipinski definition) is 12. The molecule has 1 fully saturated rings. The highest BCUT2D eigenvalue weighted by Gasteiger charge is 2.21. The zero-order chi connectivity index (χ0) is 33.6. The Bertz CT molecular complexity index is 951. The van der Waals surface area contributed by atoms with Gasteiger partial charge >= 0.3 is 17.9 Å². The van der Waals surface area contributed by atoms with Gasteiger partial charge in [-0.1, -0.05) is 12.8 Å². The first-order valence-electron chi connectivity index (χ1n) is 15.1. The van der Waals surface area contributed by atoms with E-state index in [4.69, 9.17) is 5.11 Å². The second-order valence-corrected chi connectivity index (χ2v) is 11.0. The van der Waals surface area contributed by atoms with E-state index in [0.29, 0.717) is 90.7 Å². The van der Waals surface area contributed by atoms with Gasteiger partial charge in [-0.2, -0.15) is 0 Å². The summed E-state index contributed by atoms with van der Waals surface area (Å²) in [5.41, 5.74) is 0. The standard InChI is InChI=1S/C28H48N6O11/c35-20-22(21-36)30-25(39)15-29-24(38)6-4-2-1-3-5-23(37)16-31-7-9-32(17-26(40)41)11-13-34(19-28(44)45)14-12-33(10-8-31)18-27(42)43/h20,22,36H,1-19,21H2,(H,29,38)(H,30,39)(H,40,41)(H,42,43)(H,44,45)/t22-/m1/s1. The van der Waals surface area contributed by atoms with Gasteiger partial charge in [0.25, 0.3) is 0 Å². The van der Waals surface area contributed by atoms with E-state index in [2.05, 4.69) is 10.6 Å². The van der Waals surface area contributed by atoms with E-state index in [1.54, 1.807) is 14.7 Å². The smallest absolute Gasteiger partial charge is 0.317 e. The molecule has 0 unspecified atom stereocenters. The number of hydrogen-bond donors (Lipinski definition) is 6. The largest absolute Gasteiger partial charge is 0.480 e. The average Bonchev–Trinajstić information content (AvgIpc) is 2.97. The van der Waals surface area contributed by atoms with E-state index < -0.39 is 36.5 Å². The van der Waals surface area contributed by atoms with Crippen molar-refractivity contribution in [1.29, 1.82) is 0 Å². The Morgan fingerprint density at radius 2 is 1.00 bits per heavy atom. The van der Waals surface area contributed by atoms with Crippen LogP contribution >= 0.6 is 0 Å². The molecule has 1 heterocycles. The molecule has 17 heteroatoms. The first kappa shape index (κ1) is 39.5. The predicted molar refractivity (Wildman–Crippen MR) is 159 cm³/mol. The molecule has 2 amide bonds. The second kappa shape index (κ2) is 22.9. The van der Waals surface area contributed by atoms with Crippen LogP contribution in [0.25, 0.3) is 0 Å². The molecule has 0 spiro atoms. The van der Waals surface area contributed by atoms with Crippen LogP contribution in [0.15, 0.2) is 0 Å². The third kappa shape index (κ3) is 20.2. The maximum atomic E-state index is 12.8. The number of carbonyl (C=O) groups excluding carboxylic acids is 4. The number of aliphatic carboxylic acids is 3. The molecule has 6 N–H and O–H groups in total. The predicted octanol–water partition coefficient (Wildman–Crippen LogP) is -2.84. The fourth-order valence-electron chi connectivity index (χ4n) is 4.72. The van der Waals surface area contributed by atoms with Crippen molar-refractivity contribution in [1.82, 2.24) is 30.2 Å². The number of unbranched alkanes of at least 4 members (excludes halogenated alkanes) is 3. The summed E-state index contributed by atoms with van der Waals surface area (Å²) in [4.78, 5) is 88.1. The zero-order valence-corrected chi connectivity index (χ0v) is 25.7. The molecule has 45 heavy (non-hydrogen) atoms. The van der Waals surface area contributed by atoms with Gasteiger partial charge in [0.05, 0.1) is 39.3 Å². The SMILES string of the molecule is O=C[C@H](CO)NC(=O)CNC(=O)CCCCCCC(=O)CN1CCN(CC(=O)O)CCN(CC(=O)O)CCN(CC(=O)O)CC1. The molecule has 0 aromatic carbocycles. The van der Waals surface area contributed by atoms with Crippen LogP contribution in [0.2, 0.25) is 0 Å². The first-order chi connectivity index (χ1) is 21.4. The Balaban J connectivity index is 2.55. The number of nitrogens with one attached hydrogen (secondary N) is 2. The summed E-state index contributed by atoms with van der Waals surface area (Å²) in [5, 5.41) is 41.6. The summed E-state index contributed by atoms with van der Waals surface area (Å²) in [6, 6.07) is -1.01. The summed E-state index contributed by atoms with van der Waals surface area (Å²) in [6.45, 7) is 1.19. The average molecular weight is 645 g/mol. The van der Waals surface area contributed by atoms with E-state index in [1.165, 1.54) is 0 Å². The lowest BCUT2D eigenvalue weighted by atomic mass is 10.1. The van der Waals surface area contributed by atoms with Gasteiger partial charge in [-0.15, -0.1) is 0 Å². The summed E-state index contributed by atoms with van der Waals surface area (Å²) in [7, 11) is 0. The number of carboxylic acids is 3. The molecule has 1 saturated heterocycles. The summed E-state index contributed by atoms with van der Waals surface area (Å²) < 4.78 is 0. The third-order valence-corrected chi connectivity index (χ3v) is 7.17. The molecule has 1 rings (SSSR count). The minimum absolute atomic E-state index is 0.00967. The number of ketones is 1. The van der Waals surface area contributed by atoms with Crippen LogP contribution in [0.4, 0.5) is 0 Å². The minimum atomic E-state index is -1.03. The van der Waals surface area contributed by atoms with Crippen molar-refractivity contribution in [3.8, 4) is 0 Å². The van der Waals surface area contributed by atoms with E-state index in [-0.39, 0.29) is 50.8 Å². The molecule has 0 aliphatic carbocycles. The Labute approximate surface area is 262 Å². The normalized spacial score (nSPS) is 16.9. The molecule has 0 aromatic heterocycles. The number of carbonyl (C=O) groups is 7. The fraction of sp³-hybridized carbons (Fsp3) is 0.750. The first-order valence-corrected chi connectivity index (χ1v) is 15.1. The molecule has 0 aromatic rings. The topological polar surface area (TPSA) is 237 Å².